The average Bonchev–Trinajstić information content (AvgIpc) is 2.22. The van der Waals surface area contributed by atoms with Crippen molar-refractivity contribution in [2.24, 2.45) is 0 Å². The van der Waals surface area contributed by atoms with Crippen molar-refractivity contribution < 1.29 is 27.4 Å². The summed E-state index contributed by atoms with van der Waals surface area (Å²) in [5.74, 6) is -0.367. The van der Waals surface area contributed by atoms with Crippen LogP contribution in [0.4, 0.5) is 13.2 Å². The molecule has 102 valence electrons. The van der Waals surface area contributed by atoms with Gasteiger partial charge in [-0.3, -0.25) is 4.79 Å². The van der Waals surface area contributed by atoms with Gasteiger partial charge in [-0.25, -0.2) is 0 Å². The van der Waals surface area contributed by atoms with Crippen LogP contribution in [0, 0.1) is 0 Å². The molecule has 0 fully saturated rings. The van der Waals surface area contributed by atoms with E-state index in [2.05, 4.69) is 26.0 Å². The number of hydrogen-bond acceptors (Lipinski definition) is 3. The molecule has 1 atom stereocenters. The van der Waals surface area contributed by atoms with E-state index >= 15 is 0 Å². The van der Waals surface area contributed by atoms with Crippen molar-refractivity contribution in [1.29, 1.82) is 0 Å². The molecule has 1 N–H and O–H groups in total. The summed E-state index contributed by atoms with van der Waals surface area (Å²) in [6.45, 7) is -1.26. The molecule has 0 heterocycles. The van der Waals surface area contributed by atoms with E-state index in [1.807, 2.05) is 0 Å². The van der Waals surface area contributed by atoms with E-state index in [0.717, 1.165) is 0 Å². The van der Waals surface area contributed by atoms with Crippen molar-refractivity contribution in [3.8, 4) is 0 Å². The maximum atomic E-state index is 11.7. The highest BCUT2D eigenvalue weighted by Crippen LogP contribution is 2.14. The molecule has 1 unspecified atom stereocenters. The lowest BCUT2D eigenvalue weighted by molar-refractivity contribution is -0.174. The number of carbonyl (C=O) groups excluding carboxylic acids is 1. The highest BCUT2D eigenvalue weighted by molar-refractivity contribution is 9.09. The van der Waals surface area contributed by atoms with E-state index < -0.39 is 12.8 Å². The van der Waals surface area contributed by atoms with Gasteiger partial charge in [-0.2, -0.15) is 13.2 Å². The van der Waals surface area contributed by atoms with Crippen LogP contribution in [-0.2, 0) is 14.3 Å². The molecule has 0 radical (unpaired) electrons. The van der Waals surface area contributed by atoms with Gasteiger partial charge >= 0.3 is 6.18 Å². The van der Waals surface area contributed by atoms with Crippen LogP contribution in [0.2, 0.25) is 0 Å². The number of methoxy groups -OCH3 is 1. The summed E-state index contributed by atoms with van der Waals surface area (Å²) in [7, 11) is 1.49. The first-order valence-corrected chi connectivity index (χ1v) is 6.00. The molecule has 0 aromatic rings. The molecule has 4 nitrogen and oxygen atoms in total. The van der Waals surface area contributed by atoms with E-state index in [1.54, 1.807) is 0 Å². The second-order valence-electron chi connectivity index (χ2n) is 3.29. The normalized spacial score (nSPS) is 13.5. The molecule has 1 amide bonds. The Hall–Kier alpha value is -0.340. The van der Waals surface area contributed by atoms with Crippen molar-refractivity contribution in [3.63, 3.8) is 0 Å². The topological polar surface area (TPSA) is 47.6 Å². The minimum Gasteiger partial charge on any atom is -0.383 e. The molecule has 0 aromatic carbocycles. The van der Waals surface area contributed by atoms with Crippen molar-refractivity contribution in [1.82, 2.24) is 5.32 Å². The van der Waals surface area contributed by atoms with Crippen LogP contribution in [0.1, 0.15) is 6.42 Å². The van der Waals surface area contributed by atoms with E-state index in [1.165, 1.54) is 7.11 Å². The first-order chi connectivity index (χ1) is 7.89. The Morgan fingerprint density at radius 2 is 2.12 bits per heavy atom. The van der Waals surface area contributed by atoms with Gasteiger partial charge in [0.1, 0.15) is 6.61 Å². The molecule has 0 aromatic heterocycles. The van der Waals surface area contributed by atoms with Crippen LogP contribution in [0.5, 0.6) is 0 Å². The van der Waals surface area contributed by atoms with E-state index in [4.69, 9.17) is 4.74 Å². The Morgan fingerprint density at radius 3 is 2.59 bits per heavy atom. The molecule has 0 aliphatic heterocycles. The molecule has 0 bridgehead atoms. The monoisotopic (exact) mass is 321 g/mol. The number of nitrogens with one attached hydrogen (secondary N) is 1. The van der Waals surface area contributed by atoms with Crippen molar-refractivity contribution in [2.75, 3.05) is 32.3 Å². The quantitative estimate of drug-likeness (QED) is 0.544. The van der Waals surface area contributed by atoms with Crippen LogP contribution < -0.4 is 5.32 Å². The molecule has 17 heavy (non-hydrogen) atoms. The highest BCUT2D eigenvalue weighted by atomic mass is 79.9. The molecule has 0 spiro atoms. The summed E-state index contributed by atoms with van der Waals surface area (Å²) in [6, 6.07) is -0.199. The Morgan fingerprint density at radius 1 is 1.47 bits per heavy atom. The molecule has 0 aliphatic carbocycles. The number of amides is 1. The Bertz CT molecular complexity index is 226. The second-order valence-corrected chi connectivity index (χ2v) is 3.94. The third kappa shape index (κ3) is 10.5. The van der Waals surface area contributed by atoms with Gasteiger partial charge in [0.05, 0.1) is 19.3 Å². The maximum absolute atomic E-state index is 11.7. The van der Waals surface area contributed by atoms with Gasteiger partial charge in [0.15, 0.2) is 0 Å². The zero-order valence-electron chi connectivity index (χ0n) is 9.35. The molecule has 0 saturated carbocycles. The van der Waals surface area contributed by atoms with Crippen LogP contribution in [-0.4, -0.2) is 50.4 Å². The van der Waals surface area contributed by atoms with E-state index in [-0.39, 0.29) is 25.0 Å². The summed E-state index contributed by atoms with van der Waals surface area (Å²) in [5, 5.41) is 3.10. The largest absolute Gasteiger partial charge is 0.411 e. The van der Waals surface area contributed by atoms with Gasteiger partial charge < -0.3 is 14.8 Å². The second kappa shape index (κ2) is 8.71. The fourth-order valence-corrected chi connectivity index (χ4v) is 1.33. The van der Waals surface area contributed by atoms with Crippen LogP contribution in [0.25, 0.3) is 0 Å². The average molecular weight is 322 g/mol. The number of rotatable bonds is 8. The minimum absolute atomic E-state index is 0.108. The van der Waals surface area contributed by atoms with Gasteiger partial charge in [-0.1, -0.05) is 15.9 Å². The Kier molecular flexibility index (Phi) is 8.53. The zero-order chi connectivity index (χ0) is 13.3. The summed E-state index contributed by atoms with van der Waals surface area (Å²) < 4.78 is 44.2. The first-order valence-electron chi connectivity index (χ1n) is 4.87. The SMILES string of the molecule is COCC(CBr)NC(=O)CCOCC(F)(F)F. The van der Waals surface area contributed by atoms with Crippen molar-refractivity contribution >= 4 is 21.8 Å². The summed E-state index contributed by atoms with van der Waals surface area (Å²) >= 11 is 3.18. The maximum Gasteiger partial charge on any atom is 0.411 e. The summed E-state index contributed by atoms with van der Waals surface area (Å²) in [5.41, 5.74) is 0. The number of hydrogen-bond donors (Lipinski definition) is 1. The fraction of sp³-hybridized carbons (Fsp3) is 0.889. The highest BCUT2D eigenvalue weighted by Gasteiger charge is 2.27. The van der Waals surface area contributed by atoms with Gasteiger partial charge in [0.2, 0.25) is 5.91 Å². The van der Waals surface area contributed by atoms with E-state index in [9.17, 15) is 18.0 Å². The molecule has 0 aliphatic rings. The van der Waals surface area contributed by atoms with Gasteiger partial charge in [0.25, 0.3) is 0 Å². The number of carbonyl (C=O) groups is 1. The lowest BCUT2D eigenvalue weighted by Crippen LogP contribution is -2.39. The first kappa shape index (κ1) is 16.7. The van der Waals surface area contributed by atoms with Crippen molar-refractivity contribution in [2.45, 2.75) is 18.6 Å². The smallest absolute Gasteiger partial charge is 0.383 e. The standard InChI is InChI=1S/C9H15BrF3NO3/c1-16-5-7(4-10)14-8(15)2-3-17-6-9(11,12)13/h7H,2-6H2,1H3,(H,14,15). The van der Waals surface area contributed by atoms with Crippen LogP contribution in [0.15, 0.2) is 0 Å². The minimum atomic E-state index is -4.36. The van der Waals surface area contributed by atoms with Gasteiger partial charge in [-0.05, 0) is 0 Å². The third-order valence-corrected chi connectivity index (χ3v) is 2.44. The zero-order valence-corrected chi connectivity index (χ0v) is 10.9. The molecule has 0 saturated heterocycles. The number of ether oxygens (including phenoxy) is 2. The predicted octanol–water partition coefficient (Wildman–Crippen LogP) is 1.48. The van der Waals surface area contributed by atoms with E-state index in [0.29, 0.717) is 11.9 Å². The molecule has 8 heteroatoms. The molecule has 0 rings (SSSR count). The van der Waals surface area contributed by atoms with Crippen LogP contribution >= 0.6 is 15.9 Å². The summed E-state index contributed by atoms with van der Waals surface area (Å²) in [6.07, 6.45) is -4.46. The Labute approximate surface area is 106 Å². The lowest BCUT2D eigenvalue weighted by Gasteiger charge is -2.15. The fourth-order valence-electron chi connectivity index (χ4n) is 0.979. The number of alkyl halides is 4. The lowest BCUT2D eigenvalue weighted by atomic mass is 10.3. The van der Waals surface area contributed by atoms with Crippen molar-refractivity contribution in [3.05, 3.63) is 0 Å². The van der Waals surface area contributed by atoms with Crippen LogP contribution in [0.3, 0.4) is 0 Å². The Balaban J connectivity index is 3.65. The summed E-state index contributed by atoms with van der Waals surface area (Å²) in [4.78, 5) is 11.3. The predicted molar refractivity (Wildman–Crippen MR) is 59.1 cm³/mol. The number of halogens is 4. The molecular weight excluding hydrogens is 307 g/mol. The third-order valence-electron chi connectivity index (χ3n) is 1.66. The molecular formula is C9H15BrF3NO3. The van der Waals surface area contributed by atoms with Gasteiger partial charge in [-0.15, -0.1) is 0 Å². The van der Waals surface area contributed by atoms with Gasteiger partial charge in [0, 0.05) is 18.9 Å².